The number of hydrogen-bond acceptors (Lipinski definition) is 5. The SMILES string of the molecule is CCC(NC(=O)c1ccc(-c2ccccc2)cc1-c1ccc(Cl)cc1Oc1cccc([C@@H](C)NC(=O)OC(C)(C)C)c1)C(=O)O. The zero-order valence-electron chi connectivity index (χ0n) is 25.9. The van der Waals surface area contributed by atoms with Crippen molar-refractivity contribution in [3.63, 3.8) is 0 Å². The van der Waals surface area contributed by atoms with Crippen LogP contribution in [0.3, 0.4) is 0 Å². The van der Waals surface area contributed by atoms with Gasteiger partial charge in [0.05, 0.1) is 6.04 Å². The van der Waals surface area contributed by atoms with Gasteiger partial charge in [-0.2, -0.15) is 0 Å². The minimum atomic E-state index is -1.11. The Labute approximate surface area is 268 Å². The van der Waals surface area contributed by atoms with Crippen molar-refractivity contribution in [2.45, 2.75) is 58.7 Å². The van der Waals surface area contributed by atoms with E-state index in [0.29, 0.717) is 27.6 Å². The first-order chi connectivity index (χ1) is 21.3. The molecule has 2 amide bonds. The second-order valence-corrected chi connectivity index (χ2v) is 12.0. The van der Waals surface area contributed by atoms with Crippen molar-refractivity contribution >= 4 is 29.6 Å². The molecule has 4 rings (SSSR count). The Morgan fingerprint density at radius 1 is 0.844 bits per heavy atom. The van der Waals surface area contributed by atoms with E-state index in [1.54, 1.807) is 64.1 Å². The summed E-state index contributed by atoms with van der Waals surface area (Å²) in [6.45, 7) is 8.93. The topological polar surface area (TPSA) is 114 Å². The number of carboxylic acids is 1. The molecule has 0 aliphatic rings. The van der Waals surface area contributed by atoms with Gasteiger partial charge in [0.1, 0.15) is 23.1 Å². The standard InChI is InChI=1S/C36H37ClN2O6/c1-6-31(34(41)42)39-33(40)29-17-15-25(23-11-8-7-9-12-23)20-30(29)28-18-16-26(37)21-32(28)44-27-14-10-13-24(19-27)22(2)38-35(43)45-36(3,4)5/h7-22,31H,6H2,1-5H3,(H,38,43)(H,39,40)(H,41,42)/t22-,31?/m1/s1. The van der Waals surface area contributed by atoms with Crippen LogP contribution >= 0.6 is 11.6 Å². The molecule has 234 valence electrons. The first-order valence-corrected chi connectivity index (χ1v) is 15.0. The molecule has 4 aromatic rings. The lowest BCUT2D eigenvalue weighted by Crippen LogP contribution is -2.40. The quantitative estimate of drug-likeness (QED) is 0.162. The summed E-state index contributed by atoms with van der Waals surface area (Å²) in [5.74, 6) is -0.768. The first-order valence-electron chi connectivity index (χ1n) is 14.6. The van der Waals surface area contributed by atoms with Gasteiger partial charge in [0.2, 0.25) is 0 Å². The normalized spacial score (nSPS) is 12.5. The van der Waals surface area contributed by atoms with E-state index in [-0.39, 0.29) is 18.0 Å². The Morgan fingerprint density at radius 2 is 1.58 bits per heavy atom. The molecule has 1 unspecified atom stereocenters. The van der Waals surface area contributed by atoms with Gasteiger partial charge in [-0.3, -0.25) is 4.79 Å². The number of amides is 2. The number of benzene rings is 4. The molecule has 45 heavy (non-hydrogen) atoms. The number of hydrogen-bond donors (Lipinski definition) is 3. The third-order valence-electron chi connectivity index (χ3n) is 6.94. The molecule has 3 N–H and O–H groups in total. The highest BCUT2D eigenvalue weighted by Gasteiger charge is 2.23. The second kappa shape index (κ2) is 14.3. The summed E-state index contributed by atoms with van der Waals surface area (Å²) in [5.41, 5.74) is 3.36. The van der Waals surface area contributed by atoms with Gasteiger partial charge in [-0.15, -0.1) is 0 Å². The maximum Gasteiger partial charge on any atom is 0.408 e. The average molecular weight is 629 g/mol. The van der Waals surface area contributed by atoms with Crippen LogP contribution in [0.15, 0.2) is 91.0 Å². The molecule has 0 saturated heterocycles. The van der Waals surface area contributed by atoms with Crippen LogP contribution in [0.1, 0.15) is 63.0 Å². The largest absolute Gasteiger partial charge is 0.480 e. The molecule has 0 fully saturated rings. The van der Waals surface area contributed by atoms with Crippen LogP contribution in [0.25, 0.3) is 22.3 Å². The molecule has 0 spiro atoms. The summed E-state index contributed by atoms with van der Waals surface area (Å²) >= 11 is 6.43. The maximum absolute atomic E-state index is 13.5. The number of ether oxygens (including phenoxy) is 2. The van der Waals surface area contributed by atoms with Crippen LogP contribution in [0.2, 0.25) is 5.02 Å². The summed E-state index contributed by atoms with van der Waals surface area (Å²) < 4.78 is 11.8. The monoisotopic (exact) mass is 628 g/mol. The van der Waals surface area contributed by atoms with E-state index in [1.807, 2.05) is 61.5 Å². The number of alkyl carbamates (subject to hydrolysis) is 1. The summed E-state index contributed by atoms with van der Waals surface area (Å²) in [5, 5.41) is 15.5. The molecule has 0 aromatic heterocycles. The lowest BCUT2D eigenvalue weighted by Gasteiger charge is -2.22. The summed E-state index contributed by atoms with van der Waals surface area (Å²) in [7, 11) is 0. The molecule has 2 atom stereocenters. The molecule has 0 aliphatic carbocycles. The Morgan fingerprint density at radius 3 is 2.24 bits per heavy atom. The van der Waals surface area contributed by atoms with E-state index in [1.165, 1.54) is 0 Å². The summed E-state index contributed by atoms with van der Waals surface area (Å²) in [6, 6.07) is 26.1. The van der Waals surface area contributed by atoms with E-state index in [4.69, 9.17) is 21.1 Å². The van der Waals surface area contributed by atoms with Crippen LogP contribution < -0.4 is 15.4 Å². The number of nitrogens with one attached hydrogen (secondary N) is 2. The zero-order chi connectivity index (χ0) is 32.7. The van der Waals surface area contributed by atoms with E-state index < -0.39 is 29.6 Å². The molecule has 8 nitrogen and oxygen atoms in total. The van der Waals surface area contributed by atoms with Gasteiger partial charge in [0.15, 0.2) is 0 Å². The van der Waals surface area contributed by atoms with Crippen LogP contribution in [-0.2, 0) is 9.53 Å². The van der Waals surface area contributed by atoms with E-state index >= 15 is 0 Å². The lowest BCUT2D eigenvalue weighted by atomic mass is 9.93. The van der Waals surface area contributed by atoms with Gasteiger partial charge in [-0.05, 0) is 92.8 Å². The van der Waals surface area contributed by atoms with Gasteiger partial charge >= 0.3 is 12.1 Å². The minimum Gasteiger partial charge on any atom is -0.480 e. The fourth-order valence-corrected chi connectivity index (χ4v) is 4.86. The van der Waals surface area contributed by atoms with Gasteiger partial charge in [0.25, 0.3) is 5.91 Å². The predicted molar refractivity (Wildman–Crippen MR) is 176 cm³/mol. The molecule has 0 radical (unpaired) electrons. The molecule has 4 aromatic carbocycles. The third-order valence-corrected chi connectivity index (χ3v) is 7.17. The second-order valence-electron chi connectivity index (χ2n) is 11.6. The van der Waals surface area contributed by atoms with Crippen LogP contribution in [0.5, 0.6) is 11.5 Å². The highest BCUT2D eigenvalue weighted by Crippen LogP contribution is 2.39. The van der Waals surface area contributed by atoms with Crippen molar-refractivity contribution < 1.29 is 29.0 Å². The van der Waals surface area contributed by atoms with Crippen molar-refractivity contribution in [2.24, 2.45) is 0 Å². The Kier molecular flexibility index (Phi) is 10.5. The van der Waals surface area contributed by atoms with Crippen molar-refractivity contribution in [3.8, 4) is 33.8 Å². The number of carbonyl (C=O) groups excluding carboxylic acids is 2. The first kappa shape index (κ1) is 33.1. The van der Waals surface area contributed by atoms with Gasteiger partial charge < -0.3 is 25.2 Å². The molecule has 9 heteroatoms. The fourth-order valence-electron chi connectivity index (χ4n) is 4.69. The average Bonchev–Trinajstić information content (AvgIpc) is 2.99. The molecular weight excluding hydrogens is 592 g/mol. The van der Waals surface area contributed by atoms with E-state index in [0.717, 1.165) is 16.7 Å². The summed E-state index contributed by atoms with van der Waals surface area (Å²) in [4.78, 5) is 37.6. The molecule has 0 bridgehead atoms. The molecule has 0 saturated carbocycles. The van der Waals surface area contributed by atoms with Crippen LogP contribution in [0, 0.1) is 0 Å². The molecule has 0 aliphatic heterocycles. The Hall–Kier alpha value is -4.82. The van der Waals surface area contributed by atoms with Gasteiger partial charge in [-0.1, -0.05) is 67.1 Å². The highest BCUT2D eigenvalue weighted by atomic mass is 35.5. The number of carbonyl (C=O) groups is 3. The number of aliphatic carboxylic acids is 1. The van der Waals surface area contributed by atoms with Gasteiger partial charge in [0, 0.05) is 22.2 Å². The van der Waals surface area contributed by atoms with Crippen molar-refractivity contribution in [1.29, 1.82) is 0 Å². The Bertz CT molecular complexity index is 1680. The fraction of sp³-hybridized carbons (Fsp3) is 0.250. The summed E-state index contributed by atoms with van der Waals surface area (Å²) in [6.07, 6.45) is -0.304. The Balaban J connectivity index is 1.74. The van der Waals surface area contributed by atoms with E-state index in [2.05, 4.69) is 10.6 Å². The van der Waals surface area contributed by atoms with Crippen molar-refractivity contribution in [1.82, 2.24) is 10.6 Å². The number of rotatable bonds is 10. The zero-order valence-corrected chi connectivity index (χ0v) is 26.6. The third kappa shape index (κ3) is 8.86. The minimum absolute atomic E-state index is 0.228. The predicted octanol–water partition coefficient (Wildman–Crippen LogP) is 8.65. The lowest BCUT2D eigenvalue weighted by molar-refractivity contribution is -0.139. The molecule has 0 heterocycles. The van der Waals surface area contributed by atoms with Crippen molar-refractivity contribution in [2.75, 3.05) is 0 Å². The van der Waals surface area contributed by atoms with Crippen LogP contribution in [-0.4, -0.2) is 34.7 Å². The molecular formula is C36H37ClN2O6. The van der Waals surface area contributed by atoms with Crippen LogP contribution in [0.4, 0.5) is 4.79 Å². The number of carboxylic acid groups (broad SMARTS) is 1. The van der Waals surface area contributed by atoms with E-state index in [9.17, 15) is 19.5 Å². The number of halogens is 1. The smallest absolute Gasteiger partial charge is 0.408 e. The highest BCUT2D eigenvalue weighted by molar-refractivity contribution is 6.30. The van der Waals surface area contributed by atoms with Crippen molar-refractivity contribution in [3.05, 3.63) is 107 Å². The maximum atomic E-state index is 13.5. The van der Waals surface area contributed by atoms with Gasteiger partial charge in [-0.25, -0.2) is 9.59 Å².